The zero-order valence-corrected chi connectivity index (χ0v) is 28.4. The largest absolute Gasteiger partial charge is 0.480 e. The van der Waals surface area contributed by atoms with E-state index in [4.69, 9.17) is 14.5 Å². The number of likely N-dealkylation sites (tertiary alicyclic amines) is 1. The van der Waals surface area contributed by atoms with Crippen LogP contribution >= 0.6 is 54.4 Å². The van der Waals surface area contributed by atoms with Crippen LogP contribution in [0.25, 0.3) is 0 Å². The molecule has 2 aromatic rings. The highest BCUT2D eigenvalue weighted by Gasteiger charge is 2.42. The first-order chi connectivity index (χ1) is 19.3. The highest BCUT2D eigenvalue weighted by Crippen LogP contribution is 2.46. The summed E-state index contributed by atoms with van der Waals surface area (Å²) in [6.07, 6.45) is 8.65. The fraction of sp³-hybridized carbons (Fsp3) is 0.600. The lowest BCUT2D eigenvalue weighted by atomic mass is 9.98. The first-order valence-electron chi connectivity index (χ1n) is 14.4. The first kappa shape index (κ1) is 30.9. The molecule has 0 spiro atoms. The second-order valence-electron chi connectivity index (χ2n) is 11.3. The molecule has 0 amide bonds. The van der Waals surface area contributed by atoms with Crippen LogP contribution in [0.4, 0.5) is 5.82 Å². The number of nitrogens with one attached hydrogen (secondary N) is 1. The Bertz CT molecular complexity index is 1180. The van der Waals surface area contributed by atoms with Crippen molar-refractivity contribution in [1.29, 1.82) is 0 Å². The molecule has 0 radical (unpaired) electrons. The van der Waals surface area contributed by atoms with E-state index in [1.807, 2.05) is 18.2 Å². The van der Waals surface area contributed by atoms with E-state index in [2.05, 4.69) is 76.8 Å². The summed E-state index contributed by atoms with van der Waals surface area (Å²) in [4.78, 5) is 19.7. The van der Waals surface area contributed by atoms with Gasteiger partial charge in [-0.3, -0.25) is 9.69 Å². The van der Waals surface area contributed by atoms with Crippen LogP contribution in [0.5, 0.6) is 0 Å². The maximum atomic E-state index is 12.7. The van der Waals surface area contributed by atoms with Crippen LogP contribution in [0.3, 0.4) is 0 Å². The normalized spacial score (nSPS) is 22.2. The molecular weight excluding hydrogens is 751 g/mol. The Kier molecular flexibility index (Phi) is 11.0. The average Bonchev–Trinajstić information content (AvgIpc) is 3.64. The Labute approximate surface area is 267 Å². The van der Waals surface area contributed by atoms with Crippen molar-refractivity contribution in [2.24, 2.45) is 5.92 Å². The van der Waals surface area contributed by atoms with Gasteiger partial charge in [0.05, 0.1) is 20.7 Å². The summed E-state index contributed by atoms with van der Waals surface area (Å²) >= 11 is 5.25. The number of hydrogen-bond acceptors (Lipinski definition) is 6. The van der Waals surface area contributed by atoms with E-state index in [1.54, 1.807) is 0 Å². The highest BCUT2D eigenvalue weighted by molar-refractivity contribution is 14.2. The Balaban J connectivity index is 1.17. The van der Waals surface area contributed by atoms with Crippen molar-refractivity contribution < 1.29 is 19.4 Å². The lowest BCUT2D eigenvalue weighted by molar-refractivity contribution is -0.143. The van der Waals surface area contributed by atoms with Crippen molar-refractivity contribution in [2.45, 2.75) is 71.5 Å². The van der Waals surface area contributed by atoms with Gasteiger partial charge in [0.2, 0.25) is 0 Å². The number of aromatic nitrogens is 1. The van der Waals surface area contributed by atoms with Crippen LogP contribution in [0.2, 0.25) is 0 Å². The van der Waals surface area contributed by atoms with Crippen LogP contribution in [-0.2, 0) is 33.7 Å². The van der Waals surface area contributed by atoms with Gasteiger partial charge in [0.25, 0.3) is 0 Å². The molecule has 0 saturated carbocycles. The lowest BCUT2D eigenvalue weighted by Crippen LogP contribution is -2.35. The Morgan fingerprint density at radius 2 is 2.15 bits per heavy atom. The molecule has 218 valence electrons. The highest BCUT2D eigenvalue weighted by atomic mass is 127. The quantitative estimate of drug-likeness (QED) is 0.124. The van der Waals surface area contributed by atoms with Gasteiger partial charge in [-0.2, -0.15) is 0 Å². The number of unbranched alkanes of at least 4 members (excludes halogenated alkanes) is 1. The van der Waals surface area contributed by atoms with Crippen LogP contribution in [0, 0.1) is 5.92 Å². The molecule has 0 aliphatic carbocycles. The van der Waals surface area contributed by atoms with E-state index in [0.717, 1.165) is 93.4 Å². The van der Waals surface area contributed by atoms with Gasteiger partial charge in [0, 0.05) is 25.4 Å². The van der Waals surface area contributed by atoms with Crippen molar-refractivity contribution in [2.75, 3.05) is 38.2 Å². The van der Waals surface area contributed by atoms with Crippen LogP contribution < -0.4 is 10.6 Å². The van der Waals surface area contributed by atoms with E-state index >= 15 is 0 Å². The average molecular weight is 791 g/mol. The number of carboxylic acids is 1. The summed E-state index contributed by atoms with van der Waals surface area (Å²) in [7, 11) is 2.71. The molecule has 2 N–H and O–H groups in total. The molecule has 0 bridgehead atoms. The second-order valence-corrected chi connectivity index (χ2v) is 17.9. The van der Waals surface area contributed by atoms with Gasteiger partial charge in [0.1, 0.15) is 11.9 Å². The molecule has 2 saturated heterocycles. The van der Waals surface area contributed by atoms with Crippen molar-refractivity contribution in [3.05, 3.63) is 52.7 Å². The van der Waals surface area contributed by atoms with Gasteiger partial charge < -0.3 is 19.9 Å². The van der Waals surface area contributed by atoms with Gasteiger partial charge in [-0.25, -0.2) is 4.98 Å². The van der Waals surface area contributed by atoms with Crippen molar-refractivity contribution in [1.82, 2.24) is 9.88 Å². The van der Waals surface area contributed by atoms with Crippen molar-refractivity contribution >= 4 is 71.5 Å². The molecule has 3 aliphatic rings. The van der Waals surface area contributed by atoms with E-state index in [1.165, 1.54) is 17.7 Å². The fourth-order valence-electron chi connectivity index (χ4n) is 6.08. The van der Waals surface area contributed by atoms with Gasteiger partial charge in [0.15, 0.2) is 0 Å². The van der Waals surface area contributed by atoms with E-state index in [9.17, 15) is 9.90 Å². The third kappa shape index (κ3) is 7.86. The number of hydrogen-bond donors (Lipinski definition) is 2. The number of carbonyl (C=O) groups is 1. The molecule has 1 aromatic carbocycles. The molecule has 2 unspecified atom stereocenters. The van der Waals surface area contributed by atoms with Crippen LogP contribution in [0.15, 0.2) is 30.3 Å². The summed E-state index contributed by atoms with van der Waals surface area (Å²) in [6, 6.07) is 9.80. The number of carboxylic acid groups (broad SMARTS) is 1. The number of fused-ring (bicyclic) bond motifs is 1. The van der Waals surface area contributed by atoms with Gasteiger partial charge in [-0.1, -0.05) is 69.8 Å². The number of nitrogens with zero attached hydrogens (tertiary/aromatic N) is 2. The minimum atomic E-state index is -0.791. The smallest absolute Gasteiger partial charge is 0.325 e. The SMILES string of the molecule is O=C(O)C(c1cc(P)ccc1CO[C@H]1CCOC1)N1CC[C@@H](C(I)(I)CCCCc2ccc3c(n2)NCCC3)C1. The number of alkyl halides is 2. The fourth-order valence-corrected chi connectivity index (χ4v) is 8.14. The zero-order valence-electron chi connectivity index (χ0n) is 22.9. The minimum absolute atomic E-state index is 0.0846. The number of benzene rings is 1. The molecule has 40 heavy (non-hydrogen) atoms. The summed E-state index contributed by atoms with van der Waals surface area (Å²) in [6.45, 7) is 4.35. The summed E-state index contributed by atoms with van der Waals surface area (Å²) in [5, 5.41) is 14.8. The van der Waals surface area contributed by atoms with Crippen LogP contribution in [-0.4, -0.2) is 61.3 Å². The Morgan fingerprint density at radius 3 is 2.95 bits per heavy atom. The number of aryl methyl sites for hydroxylation is 2. The molecule has 1 aromatic heterocycles. The summed E-state index contributed by atoms with van der Waals surface area (Å²) in [5.41, 5.74) is 4.31. The van der Waals surface area contributed by atoms with E-state index in [-0.39, 0.29) is 7.53 Å². The molecule has 2 fully saturated rings. The van der Waals surface area contributed by atoms with E-state index < -0.39 is 12.0 Å². The predicted molar refractivity (Wildman–Crippen MR) is 179 cm³/mol. The third-order valence-electron chi connectivity index (χ3n) is 8.39. The second kappa shape index (κ2) is 14.3. The molecule has 10 heteroatoms. The molecule has 4 heterocycles. The van der Waals surface area contributed by atoms with E-state index in [0.29, 0.717) is 19.1 Å². The topological polar surface area (TPSA) is 83.9 Å². The third-order valence-corrected chi connectivity index (χ3v) is 11.6. The molecule has 4 atom stereocenters. The molecule has 3 aliphatic heterocycles. The molecular formula is C30H40I2N3O4P. The Hall–Kier alpha value is -0.590. The number of halogens is 2. The maximum Gasteiger partial charge on any atom is 0.325 e. The summed E-state index contributed by atoms with van der Waals surface area (Å²) in [5.74, 6) is 0.729. The van der Waals surface area contributed by atoms with Crippen LogP contribution in [0.1, 0.15) is 67.0 Å². The Morgan fingerprint density at radius 1 is 1.27 bits per heavy atom. The van der Waals surface area contributed by atoms with Crippen molar-refractivity contribution in [3.8, 4) is 0 Å². The van der Waals surface area contributed by atoms with Gasteiger partial charge >= 0.3 is 5.97 Å². The molecule has 7 nitrogen and oxygen atoms in total. The zero-order chi connectivity index (χ0) is 28.1. The monoisotopic (exact) mass is 791 g/mol. The number of rotatable bonds is 12. The van der Waals surface area contributed by atoms with Gasteiger partial charge in [-0.15, -0.1) is 9.24 Å². The first-order valence-corrected chi connectivity index (χ1v) is 17.2. The van der Waals surface area contributed by atoms with Gasteiger partial charge in [-0.05, 0) is 91.5 Å². The maximum absolute atomic E-state index is 12.7. The lowest BCUT2D eigenvalue weighted by Gasteiger charge is -2.30. The molecule has 5 rings (SSSR count). The number of pyridine rings is 1. The predicted octanol–water partition coefficient (Wildman–Crippen LogP) is 5.67. The van der Waals surface area contributed by atoms with Crippen molar-refractivity contribution in [3.63, 3.8) is 0 Å². The minimum Gasteiger partial charge on any atom is -0.480 e. The number of anilines is 1. The number of aliphatic carboxylic acids is 1. The summed E-state index contributed by atoms with van der Waals surface area (Å²) < 4.78 is 11.6. The standard InChI is InChI=1S/C30H40I2N3O4P/c31-30(32,12-2-1-5-23-8-6-20-4-3-13-33-28(20)34-23)22-10-14-35(17-22)27(29(36)37)26-16-25(40)9-7-21(26)18-39-24-11-15-38-19-24/h6-9,16,22,24,27H,1-5,10-15,17-19,40H2,(H,33,34)(H,36,37)/t22-,24+,27?/m1/s1. The number of ether oxygens (including phenoxy) is 2.